The number of rotatable bonds is 6. The van der Waals surface area contributed by atoms with Crippen LogP contribution in [0.4, 0.5) is 29.3 Å². The molecule has 1 aromatic carbocycles. The number of anilines is 2. The van der Waals surface area contributed by atoms with Gasteiger partial charge in [-0.15, -0.1) is 13.2 Å². The summed E-state index contributed by atoms with van der Waals surface area (Å²) in [5.41, 5.74) is 0.697. The fourth-order valence-electron chi connectivity index (χ4n) is 4.45. The van der Waals surface area contributed by atoms with E-state index in [9.17, 15) is 22.8 Å². The Kier molecular flexibility index (Phi) is 6.42. The maximum atomic E-state index is 13.3. The van der Waals surface area contributed by atoms with Gasteiger partial charge in [-0.3, -0.25) is 9.78 Å². The molecule has 0 spiro atoms. The molecular formula is C24H27F3N4O3. The van der Waals surface area contributed by atoms with Crippen molar-refractivity contribution in [2.45, 2.75) is 70.4 Å². The first-order valence-corrected chi connectivity index (χ1v) is 11.3. The van der Waals surface area contributed by atoms with E-state index in [1.54, 1.807) is 26.2 Å². The van der Waals surface area contributed by atoms with E-state index in [1.807, 2.05) is 6.07 Å². The molecule has 34 heavy (non-hydrogen) atoms. The van der Waals surface area contributed by atoms with Crippen LogP contribution in [0, 0.1) is 0 Å². The molecule has 1 N–H and O–H groups in total. The van der Waals surface area contributed by atoms with E-state index in [4.69, 9.17) is 0 Å². The van der Waals surface area contributed by atoms with E-state index in [-0.39, 0.29) is 12.2 Å². The average molecular weight is 476 g/mol. The summed E-state index contributed by atoms with van der Waals surface area (Å²) in [7, 11) is 0. The Morgan fingerprint density at radius 3 is 2.41 bits per heavy atom. The lowest BCUT2D eigenvalue weighted by Crippen LogP contribution is -2.43. The minimum atomic E-state index is -4.83. The van der Waals surface area contributed by atoms with Crippen LogP contribution < -0.4 is 15.0 Å². The number of hydrogen-bond donors (Lipinski definition) is 1. The number of nitrogens with one attached hydrogen (secondary N) is 1. The van der Waals surface area contributed by atoms with Gasteiger partial charge in [0.25, 0.3) is 5.91 Å². The third-order valence-electron chi connectivity index (χ3n) is 6.36. The number of carbonyl (C=O) groups excluding carboxylic acids is 2. The molecular weight excluding hydrogens is 449 g/mol. The number of nitrogens with zero attached hydrogens (tertiary/aromatic N) is 3. The molecule has 7 nitrogen and oxygen atoms in total. The lowest BCUT2D eigenvalue weighted by molar-refractivity contribution is -0.274. The van der Waals surface area contributed by atoms with Crippen molar-refractivity contribution >= 4 is 23.3 Å². The number of aromatic nitrogens is 1. The molecule has 1 saturated carbocycles. The van der Waals surface area contributed by atoms with Crippen molar-refractivity contribution in [3.05, 3.63) is 48.3 Å². The Morgan fingerprint density at radius 2 is 1.76 bits per heavy atom. The molecule has 0 unspecified atom stereocenters. The number of benzene rings is 1. The second-order valence-electron chi connectivity index (χ2n) is 9.12. The van der Waals surface area contributed by atoms with Crippen LogP contribution in [-0.2, 0) is 11.3 Å². The molecule has 0 atom stereocenters. The fourth-order valence-corrected chi connectivity index (χ4v) is 4.45. The van der Waals surface area contributed by atoms with Gasteiger partial charge in [0.2, 0.25) is 0 Å². The third kappa shape index (κ3) is 4.95. The molecule has 2 heterocycles. The predicted octanol–water partition coefficient (Wildman–Crippen LogP) is 5.47. The summed E-state index contributed by atoms with van der Waals surface area (Å²) >= 11 is 0. The van der Waals surface area contributed by atoms with Crippen molar-refractivity contribution in [1.29, 1.82) is 0 Å². The van der Waals surface area contributed by atoms with Crippen LogP contribution in [0.1, 0.15) is 51.5 Å². The smallest absolute Gasteiger partial charge is 0.406 e. The first-order chi connectivity index (χ1) is 16.1. The molecule has 0 bridgehead atoms. The minimum absolute atomic E-state index is 0.176. The summed E-state index contributed by atoms with van der Waals surface area (Å²) in [5, 5.41) is 3.54. The Hall–Kier alpha value is -3.30. The number of hydrogen-bond acceptors (Lipinski definition) is 5. The molecule has 10 heteroatoms. The molecule has 0 radical (unpaired) electrons. The standard InChI is InChI=1S/C24H27F3N4O3/c1-23(2)21(32)31(18-8-10-19(11-9-18)34-24(25,26)27)22(33)30(23)15-16-12-13-28-14-20(16)29-17-6-4-3-5-7-17/h8-14,17,29H,3-7,15H2,1-2H3. The maximum Gasteiger partial charge on any atom is 0.573 e. The Labute approximate surface area is 195 Å². The highest BCUT2D eigenvalue weighted by Crippen LogP contribution is 2.35. The van der Waals surface area contributed by atoms with Gasteiger partial charge in [-0.1, -0.05) is 19.3 Å². The van der Waals surface area contributed by atoms with Crippen LogP contribution in [0.2, 0.25) is 0 Å². The van der Waals surface area contributed by atoms with Crippen LogP contribution in [0.5, 0.6) is 5.75 Å². The summed E-state index contributed by atoms with van der Waals surface area (Å²) in [5.74, 6) is -0.889. The van der Waals surface area contributed by atoms with E-state index in [1.165, 1.54) is 36.3 Å². The molecule has 2 aliphatic rings. The molecule has 1 saturated heterocycles. The van der Waals surface area contributed by atoms with E-state index in [0.29, 0.717) is 6.04 Å². The van der Waals surface area contributed by atoms with Crippen LogP contribution >= 0.6 is 0 Å². The highest BCUT2D eigenvalue weighted by atomic mass is 19.4. The number of alkyl halides is 3. The van der Waals surface area contributed by atoms with Crippen LogP contribution in [-0.4, -0.2) is 39.8 Å². The van der Waals surface area contributed by atoms with Crippen molar-refractivity contribution in [1.82, 2.24) is 9.88 Å². The van der Waals surface area contributed by atoms with E-state index in [0.717, 1.165) is 41.1 Å². The molecule has 2 fully saturated rings. The zero-order valence-corrected chi connectivity index (χ0v) is 19.1. The van der Waals surface area contributed by atoms with E-state index < -0.39 is 29.6 Å². The zero-order valence-electron chi connectivity index (χ0n) is 19.1. The van der Waals surface area contributed by atoms with Gasteiger partial charge in [-0.25, -0.2) is 9.69 Å². The third-order valence-corrected chi connectivity index (χ3v) is 6.36. The Balaban J connectivity index is 1.55. The zero-order chi connectivity index (χ0) is 24.5. The second-order valence-corrected chi connectivity index (χ2v) is 9.12. The van der Waals surface area contributed by atoms with Gasteiger partial charge in [0.05, 0.1) is 24.1 Å². The Bertz CT molecular complexity index is 1050. The van der Waals surface area contributed by atoms with Crippen molar-refractivity contribution in [3.8, 4) is 5.75 Å². The molecule has 1 aliphatic carbocycles. The summed E-state index contributed by atoms with van der Waals surface area (Å²) in [6, 6.07) is 6.31. The number of halogens is 3. The van der Waals surface area contributed by atoms with Crippen molar-refractivity contribution in [2.75, 3.05) is 10.2 Å². The largest absolute Gasteiger partial charge is 0.573 e. The number of pyridine rings is 1. The van der Waals surface area contributed by atoms with Crippen LogP contribution in [0.25, 0.3) is 0 Å². The number of ether oxygens (including phenoxy) is 1. The van der Waals surface area contributed by atoms with Gasteiger partial charge in [0.1, 0.15) is 11.3 Å². The first-order valence-electron chi connectivity index (χ1n) is 11.3. The molecule has 4 rings (SSSR count). The monoisotopic (exact) mass is 476 g/mol. The van der Waals surface area contributed by atoms with E-state index in [2.05, 4.69) is 15.0 Å². The number of amides is 3. The van der Waals surface area contributed by atoms with Gasteiger partial charge < -0.3 is 15.0 Å². The predicted molar refractivity (Wildman–Crippen MR) is 120 cm³/mol. The lowest BCUT2D eigenvalue weighted by atomic mass is 9.95. The quantitative estimate of drug-likeness (QED) is 0.560. The second kappa shape index (κ2) is 9.15. The first kappa shape index (κ1) is 23.8. The Morgan fingerprint density at radius 1 is 1.09 bits per heavy atom. The van der Waals surface area contributed by atoms with Crippen molar-refractivity contribution in [2.24, 2.45) is 0 Å². The van der Waals surface area contributed by atoms with E-state index >= 15 is 0 Å². The topological polar surface area (TPSA) is 74.8 Å². The van der Waals surface area contributed by atoms with Crippen LogP contribution in [0.3, 0.4) is 0 Å². The maximum absolute atomic E-state index is 13.3. The van der Waals surface area contributed by atoms with Gasteiger partial charge >= 0.3 is 12.4 Å². The number of imide groups is 1. The molecule has 3 amide bonds. The normalized spacial score (nSPS) is 19.0. The fraction of sp³-hybridized carbons (Fsp3) is 0.458. The molecule has 2 aromatic rings. The van der Waals surface area contributed by atoms with Gasteiger partial charge in [0, 0.05) is 12.2 Å². The molecule has 182 valence electrons. The van der Waals surface area contributed by atoms with Gasteiger partial charge in [-0.05, 0) is 62.6 Å². The lowest BCUT2D eigenvalue weighted by Gasteiger charge is -2.30. The molecule has 1 aliphatic heterocycles. The molecule has 1 aromatic heterocycles. The average Bonchev–Trinajstić information content (AvgIpc) is 2.95. The highest BCUT2D eigenvalue weighted by Gasteiger charge is 2.52. The number of carbonyl (C=O) groups is 2. The summed E-state index contributed by atoms with van der Waals surface area (Å²) in [4.78, 5) is 33.2. The number of urea groups is 1. The summed E-state index contributed by atoms with van der Waals surface area (Å²) in [6.45, 7) is 3.49. The highest BCUT2D eigenvalue weighted by molar-refractivity contribution is 6.22. The van der Waals surface area contributed by atoms with Crippen molar-refractivity contribution in [3.63, 3.8) is 0 Å². The SMILES string of the molecule is CC1(C)C(=O)N(c2ccc(OC(F)(F)F)cc2)C(=O)N1Cc1ccncc1NC1CCCCC1. The summed E-state index contributed by atoms with van der Waals surface area (Å²) in [6.07, 6.45) is 4.27. The summed E-state index contributed by atoms with van der Waals surface area (Å²) < 4.78 is 41.2. The van der Waals surface area contributed by atoms with Crippen LogP contribution in [0.15, 0.2) is 42.7 Å². The van der Waals surface area contributed by atoms with Gasteiger partial charge in [-0.2, -0.15) is 0 Å². The van der Waals surface area contributed by atoms with Gasteiger partial charge in [0.15, 0.2) is 0 Å². The van der Waals surface area contributed by atoms with Crippen molar-refractivity contribution < 1.29 is 27.5 Å². The minimum Gasteiger partial charge on any atom is -0.406 e.